The maximum atomic E-state index is 5.91. The van der Waals surface area contributed by atoms with E-state index in [2.05, 4.69) is 10.2 Å². The molecular formula is C18H11ClN2OS. The fraction of sp³-hybridized carbons (Fsp3) is 0. The molecular weight excluding hydrogens is 328 g/mol. The molecule has 2 aromatic carbocycles. The number of halogens is 1. The first-order valence-electron chi connectivity index (χ1n) is 7.05. The van der Waals surface area contributed by atoms with Gasteiger partial charge in [0.1, 0.15) is 10.8 Å². The zero-order chi connectivity index (χ0) is 15.6. The first kappa shape index (κ1) is 14.2. The van der Waals surface area contributed by atoms with E-state index in [0.717, 1.165) is 32.7 Å². The van der Waals surface area contributed by atoms with Gasteiger partial charge in [-0.3, -0.25) is 0 Å². The molecule has 3 nitrogen and oxygen atoms in total. The summed E-state index contributed by atoms with van der Waals surface area (Å²) in [5.41, 5.74) is 2.04. The minimum Gasteiger partial charge on any atom is -0.454 e. The molecule has 5 heteroatoms. The van der Waals surface area contributed by atoms with Gasteiger partial charge in [-0.1, -0.05) is 65.4 Å². The highest BCUT2D eigenvalue weighted by Crippen LogP contribution is 2.33. The van der Waals surface area contributed by atoms with Crippen LogP contribution in [-0.2, 0) is 0 Å². The van der Waals surface area contributed by atoms with Crippen molar-refractivity contribution in [2.75, 3.05) is 0 Å². The molecule has 0 atom stereocenters. The van der Waals surface area contributed by atoms with E-state index in [1.54, 1.807) is 0 Å². The van der Waals surface area contributed by atoms with Crippen molar-refractivity contribution in [3.63, 3.8) is 0 Å². The van der Waals surface area contributed by atoms with Crippen LogP contribution in [0.3, 0.4) is 0 Å². The molecule has 0 aliphatic carbocycles. The molecule has 0 saturated carbocycles. The predicted octanol–water partition coefficient (Wildman–Crippen LogP) is 5.79. The molecule has 0 bridgehead atoms. The zero-order valence-electron chi connectivity index (χ0n) is 11.9. The fourth-order valence-electron chi connectivity index (χ4n) is 2.24. The Morgan fingerprint density at radius 3 is 2.17 bits per heavy atom. The smallest absolute Gasteiger partial charge is 0.183 e. The highest BCUT2D eigenvalue weighted by Gasteiger charge is 2.13. The van der Waals surface area contributed by atoms with Crippen LogP contribution in [0.2, 0.25) is 5.02 Å². The molecule has 0 radical (unpaired) electrons. The molecule has 0 aliphatic heterocycles. The van der Waals surface area contributed by atoms with E-state index < -0.39 is 0 Å². The molecule has 4 rings (SSSR count). The Hall–Kier alpha value is -2.43. The summed E-state index contributed by atoms with van der Waals surface area (Å²) in [6, 6.07) is 21.4. The highest BCUT2D eigenvalue weighted by molar-refractivity contribution is 7.17. The third-order valence-corrected chi connectivity index (χ3v) is 4.63. The Kier molecular flexibility index (Phi) is 3.69. The summed E-state index contributed by atoms with van der Waals surface area (Å²) in [5.74, 6) is 1.55. The Bertz CT molecular complexity index is 929. The first-order valence-corrected chi connectivity index (χ1v) is 8.24. The van der Waals surface area contributed by atoms with Gasteiger partial charge in [-0.25, -0.2) is 0 Å². The number of aromatic nitrogens is 2. The van der Waals surface area contributed by atoms with Gasteiger partial charge in [0.2, 0.25) is 0 Å². The van der Waals surface area contributed by atoms with Crippen molar-refractivity contribution in [2.24, 2.45) is 0 Å². The average Bonchev–Trinajstić information content (AvgIpc) is 3.26. The molecule has 0 unspecified atom stereocenters. The predicted molar refractivity (Wildman–Crippen MR) is 93.5 cm³/mol. The normalized spacial score (nSPS) is 10.8. The largest absolute Gasteiger partial charge is 0.454 e. The third kappa shape index (κ3) is 2.91. The Balaban J connectivity index is 1.65. The highest BCUT2D eigenvalue weighted by atomic mass is 35.5. The molecule has 2 aromatic heterocycles. The van der Waals surface area contributed by atoms with Crippen LogP contribution in [0.1, 0.15) is 0 Å². The van der Waals surface area contributed by atoms with E-state index in [0.29, 0.717) is 5.02 Å². The number of furan rings is 1. The van der Waals surface area contributed by atoms with Crippen LogP contribution in [0.4, 0.5) is 0 Å². The van der Waals surface area contributed by atoms with Crippen LogP contribution in [0.5, 0.6) is 0 Å². The Labute approximate surface area is 142 Å². The first-order chi connectivity index (χ1) is 11.3. The summed E-state index contributed by atoms with van der Waals surface area (Å²) in [6.45, 7) is 0. The number of hydrogen-bond acceptors (Lipinski definition) is 4. The van der Waals surface area contributed by atoms with Gasteiger partial charge in [0.25, 0.3) is 0 Å². The molecule has 0 N–H and O–H groups in total. The van der Waals surface area contributed by atoms with Crippen LogP contribution in [0.15, 0.2) is 71.1 Å². The second kappa shape index (κ2) is 5.99. The summed E-state index contributed by atoms with van der Waals surface area (Å²) in [5, 5.41) is 10.8. The SMILES string of the molecule is Clc1ccc(-c2nnc(-c3ccc(-c4ccccc4)o3)s2)cc1. The standard InChI is InChI=1S/C18H11ClN2OS/c19-14-8-6-13(7-9-14)17-20-21-18(23-17)16-11-10-15(22-16)12-4-2-1-3-5-12/h1-11H. The molecule has 112 valence electrons. The van der Waals surface area contributed by atoms with E-state index in [1.165, 1.54) is 11.3 Å². The summed E-state index contributed by atoms with van der Waals surface area (Å²) in [7, 11) is 0. The van der Waals surface area contributed by atoms with Crippen molar-refractivity contribution in [3.8, 4) is 32.7 Å². The summed E-state index contributed by atoms with van der Waals surface area (Å²) in [6.07, 6.45) is 0. The quantitative estimate of drug-likeness (QED) is 0.475. The lowest BCUT2D eigenvalue weighted by molar-refractivity contribution is 0.596. The molecule has 23 heavy (non-hydrogen) atoms. The lowest BCUT2D eigenvalue weighted by atomic mass is 10.2. The molecule has 4 aromatic rings. The molecule has 2 heterocycles. The van der Waals surface area contributed by atoms with Gasteiger partial charge in [-0.2, -0.15) is 0 Å². The topological polar surface area (TPSA) is 38.9 Å². The van der Waals surface area contributed by atoms with E-state index in [9.17, 15) is 0 Å². The van der Waals surface area contributed by atoms with E-state index in [4.69, 9.17) is 16.0 Å². The van der Waals surface area contributed by atoms with Gasteiger partial charge in [0.15, 0.2) is 10.8 Å². The number of benzene rings is 2. The van der Waals surface area contributed by atoms with Crippen molar-refractivity contribution in [2.45, 2.75) is 0 Å². The van der Waals surface area contributed by atoms with Crippen LogP contribution in [0, 0.1) is 0 Å². The van der Waals surface area contributed by atoms with Crippen molar-refractivity contribution in [1.82, 2.24) is 10.2 Å². The summed E-state index contributed by atoms with van der Waals surface area (Å²) in [4.78, 5) is 0. The molecule has 0 saturated heterocycles. The maximum Gasteiger partial charge on any atom is 0.183 e. The Morgan fingerprint density at radius 1 is 0.696 bits per heavy atom. The van der Waals surface area contributed by atoms with Gasteiger partial charge in [-0.05, 0) is 24.3 Å². The van der Waals surface area contributed by atoms with Crippen molar-refractivity contribution < 1.29 is 4.42 Å². The van der Waals surface area contributed by atoms with Crippen molar-refractivity contribution >= 4 is 22.9 Å². The van der Waals surface area contributed by atoms with Crippen LogP contribution in [0.25, 0.3) is 32.7 Å². The van der Waals surface area contributed by atoms with Gasteiger partial charge in [-0.15, -0.1) is 10.2 Å². The third-order valence-electron chi connectivity index (χ3n) is 3.39. The maximum absolute atomic E-state index is 5.91. The van der Waals surface area contributed by atoms with E-state index >= 15 is 0 Å². The number of hydrogen-bond donors (Lipinski definition) is 0. The monoisotopic (exact) mass is 338 g/mol. The van der Waals surface area contributed by atoms with Crippen molar-refractivity contribution in [3.05, 3.63) is 71.8 Å². The van der Waals surface area contributed by atoms with E-state index in [1.807, 2.05) is 66.7 Å². The zero-order valence-corrected chi connectivity index (χ0v) is 13.5. The molecule has 0 aliphatic rings. The van der Waals surface area contributed by atoms with Gasteiger partial charge in [0, 0.05) is 16.1 Å². The molecule has 0 spiro atoms. The van der Waals surface area contributed by atoms with Gasteiger partial charge in [0.05, 0.1) is 0 Å². The van der Waals surface area contributed by atoms with Crippen LogP contribution >= 0.6 is 22.9 Å². The lowest BCUT2D eigenvalue weighted by Gasteiger charge is -1.95. The summed E-state index contributed by atoms with van der Waals surface area (Å²) >= 11 is 7.41. The molecule has 0 amide bonds. The number of rotatable bonds is 3. The van der Waals surface area contributed by atoms with E-state index in [-0.39, 0.29) is 0 Å². The minimum absolute atomic E-state index is 0.706. The lowest BCUT2D eigenvalue weighted by Crippen LogP contribution is -1.76. The Morgan fingerprint density at radius 2 is 1.39 bits per heavy atom. The second-order valence-electron chi connectivity index (χ2n) is 4.95. The van der Waals surface area contributed by atoms with Crippen molar-refractivity contribution in [1.29, 1.82) is 0 Å². The number of nitrogens with zero attached hydrogens (tertiary/aromatic N) is 2. The van der Waals surface area contributed by atoms with Gasteiger partial charge >= 0.3 is 0 Å². The second-order valence-corrected chi connectivity index (χ2v) is 6.36. The minimum atomic E-state index is 0.706. The van der Waals surface area contributed by atoms with Crippen LogP contribution in [-0.4, -0.2) is 10.2 Å². The molecule has 0 fully saturated rings. The van der Waals surface area contributed by atoms with Gasteiger partial charge < -0.3 is 4.42 Å². The summed E-state index contributed by atoms with van der Waals surface area (Å²) < 4.78 is 5.91. The average molecular weight is 339 g/mol. The van der Waals surface area contributed by atoms with Crippen LogP contribution < -0.4 is 0 Å². The fourth-order valence-corrected chi connectivity index (χ4v) is 3.18.